The number of likely N-dealkylation sites (N-methyl/N-ethyl adjacent to an activating group) is 1. The van der Waals surface area contributed by atoms with E-state index in [-0.39, 0.29) is 0 Å². The summed E-state index contributed by atoms with van der Waals surface area (Å²) in [6.07, 6.45) is 9.94. The zero-order chi connectivity index (χ0) is 17.7. The molecule has 0 saturated heterocycles. The van der Waals surface area contributed by atoms with Crippen molar-refractivity contribution < 1.29 is 0 Å². The highest BCUT2D eigenvalue weighted by Gasteiger charge is 2.51. The van der Waals surface area contributed by atoms with E-state index in [9.17, 15) is 0 Å². The molecule has 4 bridgehead atoms. The van der Waals surface area contributed by atoms with Crippen LogP contribution in [0.15, 0.2) is 29.6 Å². The second-order valence-corrected chi connectivity index (χ2v) is 10.3. The van der Waals surface area contributed by atoms with E-state index < -0.39 is 0 Å². The highest BCUT2D eigenvalue weighted by molar-refractivity contribution is 7.13. The van der Waals surface area contributed by atoms with Crippen LogP contribution in [0.2, 0.25) is 0 Å². The maximum Gasteiger partial charge on any atom is 0.123 e. The first kappa shape index (κ1) is 16.9. The molecule has 26 heavy (non-hydrogen) atoms. The zero-order valence-electron chi connectivity index (χ0n) is 16.1. The van der Waals surface area contributed by atoms with Crippen LogP contribution < -0.4 is 0 Å². The Morgan fingerprint density at radius 3 is 2.19 bits per heavy atom. The van der Waals surface area contributed by atoms with E-state index in [1.165, 1.54) is 54.8 Å². The molecule has 1 aromatic heterocycles. The Hall–Kier alpha value is -1.19. The van der Waals surface area contributed by atoms with Crippen LogP contribution in [0.3, 0.4) is 0 Å². The maximum atomic E-state index is 4.87. The summed E-state index contributed by atoms with van der Waals surface area (Å²) < 4.78 is 0. The van der Waals surface area contributed by atoms with Gasteiger partial charge in [-0.1, -0.05) is 24.3 Å². The van der Waals surface area contributed by atoms with E-state index >= 15 is 0 Å². The standard InChI is InChI=1S/C23H30N2S/c1-25(2)8-7-21-15-26-22(24-21)19-3-5-20(6-4-19)23-12-16-9-17(13-23)11-18(10-16)14-23/h3-6,15-18H,7-14H2,1-2H3. The lowest BCUT2D eigenvalue weighted by Crippen LogP contribution is -2.48. The molecule has 3 heteroatoms. The van der Waals surface area contributed by atoms with Crippen LogP contribution in [0, 0.1) is 17.8 Å². The predicted octanol–water partition coefficient (Wildman–Crippen LogP) is 5.38. The molecule has 4 fully saturated rings. The number of hydrogen-bond donors (Lipinski definition) is 0. The number of rotatable bonds is 5. The van der Waals surface area contributed by atoms with Crippen molar-refractivity contribution in [3.63, 3.8) is 0 Å². The number of benzene rings is 1. The van der Waals surface area contributed by atoms with Gasteiger partial charge in [-0.2, -0.15) is 0 Å². The number of hydrogen-bond acceptors (Lipinski definition) is 3. The second-order valence-electron chi connectivity index (χ2n) is 9.47. The molecule has 2 nitrogen and oxygen atoms in total. The van der Waals surface area contributed by atoms with Gasteiger partial charge in [0.25, 0.3) is 0 Å². The fraction of sp³-hybridized carbons (Fsp3) is 0.609. The molecule has 0 spiro atoms. The molecule has 2 aromatic rings. The first-order chi connectivity index (χ1) is 12.6. The van der Waals surface area contributed by atoms with Gasteiger partial charge in [-0.15, -0.1) is 11.3 Å². The fourth-order valence-corrected chi connectivity index (χ4v) is 7.18. The monoisotopic (exact) mass is 366 g/mol. The Bertz CT molecular complexity index is 738. The lowest BCUT2D eigenvalue weighted by atomic mass is 9.48. The second kappa shape index (κ2) is 6.45. The van der Waals surface area contributed by atoms with Crippen LogP contribution in [0.5, 0.6) is 0 Å². The number of thiazole rings is 1. The molecule has 6 rings (SSSR count). The van der Waals surface area contributed by atoms with E-state index in [1.54, 1.807) is 16.9 Å². The van der Waals surface area contributed by atoms with Gasteiger partial charge in [0.15, 0.2) is 0 Å². The van der Waals surface area contributed by atoms with Crippen molar-refractivity contribution in [3.05, 3.63) is 40.9 Å². The molecule has 4 saturated carbocycles. The zero-order valence-corrected chi connectivity index (χ0v) is 16.9. The van der Waals surface area contributed by atoms with E-state index in [1.807, 2.05) is 0 Å². The molecule has 0 unspecified atom stereocenters. The van der Waals surface area contributed by atoms with E-state index in [0.29, 0.717) is 5.41 Å². The van der Waals surface area contributed by atoms with Crippen molar-refractivity contribution in [2.75, 3.05) is 20.6 Å². The molecular weight excluding hydrogens is 336 g/mol. The third kappa shape index (κ3) is 3.03. The van der Waals surface area contributed by atoms with Gasteiger partial charge in [0, 0.05) is 23.9 Å². The summed E-state index contributed by atoms with van der Waals surface area (Å²) in [5, 5.41) is 3.40. The van der Waals surface area contributed by atoms with Crippen LogP contribution >= 0.6 is 11.3 Å². The average molecular weight is 367 g/mol. The molecular formula is C23H30N2S. The first-order valence-electron chi connectivity index (χ1n) is 10.3. The molecule has 4 aliphatic carbocycles. The average Bonchev–Trinajstić information content (AvgIpc) is 3.08. The fourth-order valence-electron chi connectivity index (χ4n) is 6.32. The Kier molecular flexibility index (Phi) is 4.21. The van der Waals surface area contributed by atoms with Crippen LogP contribution in [-0.4, -0.2) is 30.5 Å². The van der Waals surface area contributed by atoms with Crippen LogP contribution in [0.25, 0.3) is 10.6 Å². The summed E-state index contributed by atoms with van der Waals surface area (Å²) in [6, 6.07) is 9.54. The van der Waals surface area contributed by atoms with E-state index in [0.717, 1.165) is 30.7 Å². The largest absolute Gasteiger partial charge is 0.309 e. The van der Waals surface area contributed by atoms with Gasteiger partial charge in [0.1, 0.15) is 5.01 Å². The summed E-state index contributed by atoms with van der Waals surface area (Å²) in [7, 11) is 4.24. The molecule has 0 N–H and O–H groups in total. The van der Waals surface area contributed by atoms with Crippen molar-refractivity contribution >= 4 is 11.3 Å². The summed E-state index contributed by atoms with van der Waals surface area (Å²) in [5.74, 6) is 3.04. The SMILES string of the molecule is CN(C)CCc1csc(-c2ccc(C34CC5CC(CC(C5)C3)C4)cc2)n1. The van der Waals surface area contributed by atoms with Crippen molar-refractivity contribution in [3.8, 4) is 10.6 Å². The predicted molar refractivity (Wildman–Crippen MR) is 110 cm³/mol. The Labute approximate surface area is 161 Å². The summed E-state index contributed by atoms with van der Waals surface area (Å²) in [6.45, 7) is 1.06. The molecule has 0 amide bonds. The molecule has 1 aromatic carbocycles. The topological polar surface area (TPSA) is 16.1 Å². The van der Waals surface area contributed by atoms with Gasteiger partial charge in [0.2, 0.25) is 0 Å². The molecule has 0 aliphatic heterocycles. The summed E-state index contributed by atoms with van der Waals surface area (Å²) in [5.41, 5.74) is 4.64. The van der Waals surface area contributed by atoms with Gasteiger partial charge in [0.05, 0.1) is 5.69 Å². The van der Waals surface area contributed by atoms with Gasteiger partial charge < -0.3 is 4.90 Å². The van der Waals surface area contributed by atoms with Crippen LogP contribution in [-0.2, 0) is 11.8 Å². The molecule has 1 heterocycles. The highest BCUT2D eigenvalue weighted by atomic mass is 32.1. The summed E-state index contributed by atoms with van der Waals surface area (Å²) >= 11 is 1.79. The molecule has 138 valence electrons. The van der Waals surface area contributed by atoms with Crippen molar-refractivity contribution in [2.24, 2.45) is 17.8 Å². The Morgan fingerprint density at radius 1 is 1.00 bits per heavy atom. The third-order valence-corrected chi connectivity index (χ3v) is 8.09. The Morgan fingerprint density at radius 2 is 1.62 bits per heavy atom. The van der Waals surface area contributed by atoms with Crippen LogP contribution in [0.4, 0.5) is 0 Å². The third-order valence-electron chi connectivity index (χ3n) is 7.15. The lowest BCUT2D eigenvalue weighted by Gasteiger charge is -2.57. The van der Waals surface area contributed by atoms with E-state index in [4.69, 9.17) is 4.98 Å². The van der Waals surface area contributed by atoms with Crippen LogP contribution in [0.1, 0.15) is 49.8 Å². The van der Waals surface area contributed by atoms with Gasteiger partial charge >= 0.3 is 0 Å². The van der Waals surface area contributed by atoms with E-state index in [2.05, 4.69) is 48.6 Å². The molecule has 0 atom stereocenters. The number of aromatic nitrogens is 1. The van der Waals surface area contributed by atoms with Gasteiger partial charge in [-0.3, -0.25) is 0 Å². The first-order valence-corrected chi connectivity index (χ1v) is 11.2. The van der Waals surface area contributed by atoms with Crippen molar-refractivity contribution in [1.82, 2.24) is 9.88 Å². The van der Waals surface area contributed by atoms with Crippen molar-refractivity contribution in [1.29, 1.82) is 0 Å². The highest BCUT2D eigenvalue weighted by Crippen LogP contribution is 2.60. The Balaban J connectivity index is 1.35. The minimum Gasteiger partial charge on any atom is -0.309 e. The smallest absolute Gasteiger partial charge is 0.123 e. The quantitative estimate of drug-likeness (QED) is 0.706. The lowest BCUT2D eigenvalue weighted by molar-refractivity contribution is -0.00518. The molecule has 4 aliphatic rings. The van der Waals surface area contributed by atoms with Gasteiger partial charge in [-0.25, -0.2) is 4.98 Å². The van der Waals surface area contributed by atoms with Crippen molar-refractivity contribution in [2.45, 2.75) is 50.4 Å². The minimum atomic E-state index is 0.507. The van der Waals surface area contributed by atoms with Gasteiger partial charge in [-0.05, 0) is 81.4 Å². The maximum absolute atomic E-state index is 4.87. The molecule has 0 radical (unpaired) electrons. The normalized spacial score (nSPS) is 32.5. The minimum absolute atomic E-state index is 0.507. The number of nitrogens with zero attached hydrogens (tertiary/aromatic N) is 2. The summed E-state index contributed by atoms with van der Waals surface area (Å²) in [4.78, 5) is 7.09.